The van der Waals surface area contributed by atoms with Crippen LogP contribution < -0.4 is 5.32 Å². The smallest absolute Gasteiger partial charge is 0.246 e. The van der Waals surface area contributed by atoms with Crippen molar-refractivity contribution in [1.82, 2.24) is 10.2 Å². The minimum absolute atomic E-state index is 0.0144. The van der Waals surface area contributed by atoms with Gasteiger partial charge in [-0.15, -0.1) is 0 Å². The molecule has 1 heterocycles. The molecular formula is C16H30N2O2. The number of hydrogen-bond donors (Lipinski definition) is 1. The Morgan fingerprint density at radius 2 is 1.75 bits per heavy atom. The second-order valence-electron chi connectivity index (χ2n) is 6.44. The zero-order valence-electron chi connectivity index (χ0n) is 13.8. The third kappa shape index (κ3) is 3.33. The van der Waals surface area contributed by atoms with Crippen molar-refractivity contribution >= 4 is 11.8 Å². The van der Waals surface area contributed by atoms with Crippen molar-refractivity contribution in [2.75, 3.05) is 0 Å². The Labute approximate surface area is 123 Å². The number of carbonyl (C=O) groups is 2. The Hall–Kier alpha value is -1.06. The van der Waals surface area contributed by atoms with Gasteiger partial charge >= 0.3 is 0 Å². The van der Waals surface area contributed by atoms with Gasteiger partial charge in [0.15, 0.2) is 0 Å². The molecule has 0 bridgehead atoms. The maximum Gasteiger partial charge on any atom is 0.246 e. The molecule has 0 aliphatic carbocycles. The summed E-state index contributed by atoms with van der Waals surface area (Å²) in [5.74, 6) is 0.415. The molecule has 4 heteroatoms. The van der Waals surface area contributed by atoms with Crippen molar-refractivity contribution < 1.29 is 9.59 Å². The van der Waals surface area contributed by atoms with Crippen LogP contribution in [0, 0.1) is 11.8 Å². The summed E-state index contributed by atoms with van der Waals surface area (Å²) < 4.78 is 0. The van der Waals surface area contributed by atoms with Crippen LogP contribution in [0.15, 0.2) is 0 Å². The lowest BCUT2D eigenvalue weighted by Crippen LogP contribution is -2.68. The molecule has 20 heavy (non-hydrogen) atoms. The standard InChI is InChI=1S/C16H30N2O2/c1-7-9-12(6)18-14(11(5)8-2)15(19)17-13(10(3)4)16(18)20/h10-14H,7-9H2,1-6H3,(H,17,19). The Bertz CT molecular complexity index is 354. The first-order valence-corrected chi connectivity index (χ1v) is 7.97. The monoisotopic (exact) mass is 282 g/mol. The van der Waals surface area contributed by atoms with Crippen molar-refractivity contribution in [1.29, 1.82) is 0 Å². The number of nitrogens with zero attached hydrogens (tertiary/aromatic N) is 1. The highest BCUT2D eigenvalue weighted by molar-refractivity contribution is 5.97. The first kappa shape index (κ1) is 17.0. The summed E-state index contributed by atoms with van der Waals surface area (Å²) in [6.45, 7) is 12.3. The van der Waals surface area contributed by atoms with E-state index >= 15 is 0 Å². The fraction of sp³-hybridized carbons (Fsp3) is 0.875. The fourth-order valence-corrected chi connectivity index (χ4v) is 2.98. The van der Waals surface area contributed by atoms with Crippen molar-refractivity contribution in [3.05, 3.63) is 0 Å². The highest BCUT2D eigenvalue weighted by Gasteiger charge is 2.45. The van der Waals surface area contributed by atoms with Gasteiger partial charge in [0.05, 0.1) is 0 Å². The van der Waals surface area contributed by atoms with Crippen molar-refractivity contribution in [2.24, 2.45) is 11.8 Å². The van der Waals surface area contributed by atoms with Gasteiger partial charge in [-0.25, -0.2) is 0 Å². The molecule has 4 nitrogen and oxygen atoms in total. The lowest BCUT2D eigenvalue weighted by Gasteiger charge is -2.45. The predicted molar refractivity (Wildman–Crippen MR) is 81.2 cm³/mol. The molecule has 0 aromatic carbocycles. The van der Waals surface area contributed by atoms with E-state index in [4.69, 9.17) is 0 Å². The second-order valence-corrected chi connectivity index (χ2v) is 6.44. The van der Waals surface area contributed by atoms with Crippen LogP contribution in [0.25, 0.3) is 0 Å². The second kappa shape index (κ2) is 7.09. The molecular weight excluding hydrogens is 252 g/mol. The van der Waals surface area contributed by atoms with E-state index in [0.717, 1.165) is 19.3 Å². The van der Waals surface area contributed by atoms with Gasteiger partial charge in [0, 0.05) is 6.04 Å². The lowest BCUT2D eigenvalue weighted by molar-refractivity contribution is -0.155. The van der Waals surface area contributed by atoms with Crippen molar-refractivity contribution in [3.8, 4) is 0 Å². The summed E-state index contributed by atoms with van der Waals surface area (Å²) in [6.07, 6.45) is 2.86. The van der Waals surface area contributed by atoms with Crippen LogP contribution in [-0.4, -0.2) is 34.8 Å². The molecule has 116 valence electrons. The average Bonchev–Trinajstić information content (AvgIpc) is 2.39. The summed E-state index contributed by atoms with van der Waals surface area (Å²) in [5, 5.41) is 2.93. The van der Waals surface area contributed by atoms with E-state index in [1.165, 1.54) is 0 Å². The minimum atomic E-state index is -0.373. The minimum Gasteiger partial charge on any atom is -0.342 e. The normalized spacial score (nSPS) is 26.6. The number of piperazine rings is 1. The van der Waals surface area contributed by atoms with E-state index in [1.54, 1.807) is 0 Å². The van der Waals surface area contributed by atoms with Gasteiger partial charge in [0.25, 0.3) is 0 Å². The molecule has 2 amide bonds. The molecule has 1 aliphatic rings. The molecule has 1 fully saturated rings. The quantitative estimate of drug-likeness (QED) is 0.814. The van der Waals surface area contributed by atoms with Gasteiger partial charge in [-0.3, -0.25) is 9.59 Å². The number of hydrogen-bond acceptors (Lipinski definition) is 2. The summed E-state index contributed by atoms with van der Waals surface area (Å²) in [5.41, 5.74) is 0. The number of amides is 2. The number of nitrogens with one attached hydrogen (secondary N) is 1. The van der Waals surface area contributed by atoms with E-state index in [-0.39, 0.29) is 41.8 Å². The Morgan fingerprint density at radius 1 is 1.15 bits per heavy atom. The highest BCUT2D eigenvalue weighted by atomic mass is 16.2. The van der Waals surface area contributed by atoms with Crippen LogP contribution in [0.3, 0.4) is 0 Å². The summed E-state index contributed by atoms with van der Waals surface area (Å²) in [4.78, 5) is 27.1. The molecule has 0 spiro atoms. The Kier molecular flexibility index (Phi) is 6.03. The average molecular weight is 282 g/mol. The molecule has 0 radical (unpaired) electrons. The van der Waals surface area contributed by atoms with Gasteiger partial charge in [0.1, 0.15) is 12.1 Å². The van der Waals surface area contributed by atoms with Crippen LogP contribution in [-0.2, 0) is 9.59 Å². The van der Waals surface area contributed by atoms with Gasteiger partial charge in [-0.1, -0.05) is 47.5 Å². The largest absolute Gasteiger partial charge is 0.342 e. The molecule has 1 N–H and O–H groups in total. The summed E-state index contributed by atoms with van der Waals surface area (Å²) >= 11 is 0. The van der Waals surface area contributed by atoms with E-state index < -0.39 is 0 Å². The van der Waals surface area contributed by atoms with E-state index in [9.17, 15) is 9.59 Å². The topological polar surface area (TPSA) is 49.4 Å². The highest BCUT2D eigenvalue weighted by Crippen LogP contribution is 2.26. The molecule has 1 rings (SSSR count). The molecule has 0 saturated carbocycles. The van der Waals surface area contributed by atoms with E-state index in [0.29, 0.717) is 0 Å². The molecule has 0 aromatic heterocycles. The third-order valence-electron chi connectivity index (χ3n) is 4.42. The van der Waals surface area contributed by atoms with Crippen molar-refractivity contribution in [3.63, 3.8) is 0 Å². The van der Waals surface area contributed by atoms with Gasteiger partial charge in [-0.05, 0) is 25.2 Å². The maximum absolute atomic E-state index is 12.8. The van der Waals surface area contributed by atoms with Crippen LogP contribution >= 0.6 is 0 Å². The molecule has 0 aromatic rings. The predicted octanol–water partition coefficient (Wildman–Crippen LogP) is 2.57. The number of rotatable bonds is 6. The van der Waals surface area contributed by atoms with Crippen LogP contribution in [0.1, 0.15) is 60.8 Å². The summed E-state index contributed by atoms with van der Waals surface area (Å²) in [6, 6.07) is -0.565. The Morgan fingerprint density at radius 3 is 2.20 bits per heavy atom. The number of carbonyl (C=O) groups excluding carboxylic acids is 2. The van der Waals surface area contributed by atoms with E-state index in [1.807, 2.05) is 18.7 Å². The lowest BCUT2D eigenvalue weighted by atomic mass is 9.89. The van der Waals surface area contributed by atoms with Gasteiger partial charge in [0.2, 0.25) is 11.8 Å². The zero-order valence-corrected chi connectivity index (χ0v) is 13.8. The molecule has 4 atom stereocenters. The SMILES string of the molecule is CCCC(C)N1C(=O)C(C(C)C)NC(=O)C1C(C)CC. The fourth-order valence-electron chi connectivity index (χ4n) is 2.98. The first-order valence-electron chi connectivity index (χ1n) is 7.97. The van der Waals surface area contributed by atoms with Crippen LogP contribution in [0.4, 0.5) is 0 Å². The third-order valence-corrected chi connectivity index (χ3v) is 4.42. The molecule has 4 unspecified atom stereocenters. The molecule has 1 saturated heterocycles. The van der Waals surface area contributed by atoms with Crippen LogP contribution in [0.2, 0.25) is 0 Å². The molecule has 1 aliphatic heterocycles. The van der Waals surface area contributed by atoms with Gasteiger partial charge < -0.3 is 10.2 Å². The Balaban J connectivity index is 3.09. The van der Waals surface area contributed by atoms with E-state index in [2.05, 4.69) is 33.0 Å². The van der Waals surface area contributed by atoms with Crippen molar-refractivity contribution in [2.45, 2.75) is 78.9 Å². The van der Waals surface area contributed by atoms with Crippen LogP contribution in [0.5, 0.6) is 0 Å². The zero-order chi connectivity index (χ0) is 15.4. The first-order chi connectivity index (χ1) is 9.34. The van der Waals surface area contributed by atoms with Gasteiger partial charge in [-0.2, -0.15) is 0 Å². The maximum atomic E-state index is 12.8. The summed E-state index contributed by atoms with van der Waals surface area (Å²) in [7, 11) is 0.